The fourth-order valence-corrected chi connectivity index (χ4v) is 1.78. The first-order valence-corrected chi connectivity index (χ1v) is 4.83. The maximum absolute atomic E-state index is 11.3. The molecule has 0 aliphatic carbocycles. The summed E-state index contributed by atoms with van der Waals surface area (Å²) in [7, 11) is 0. The first-order valence-electron chi connectivity index (χ1n) is 4.07. The molecule has 78 valence electrons. The van der Waals surface area contributed by atoms with Crippen LogP contribution < -0.4 is 5.73 Å². The Morgan fingerprint density at radius 1 is 1.40 bits per heavy atom. The van der Waals surface area contributed by atoms with Gasteiger partial charge in [0.25, 0.3) is 11.9 Å². The molecule has 1 unspecified atom stereocenters. The van der Waals surface area contributed by atoms with Crippen LogP contribution in [0.1, 0.15) is 11.7 Å². The van der Waals surface area contributed by atoms with E-state index >= 15 is 0 Å². The number of carbonyl (C=O) groups is 1. The summed E-state index contributed by atoms with van der Waals surface area (Å²) >= 11 is 11.6. The highest BCUT2D eigenvalue weighted by molar-refractivity contribution is 6.35. The lowest BCUT2D eigenvalue weighted by molar-refractivity contribution is -0.122. The zero-order chi connectivity index (χ0) is 11.0. The van der Waals surface area contributed by atoms with Crippen LogP contribution in [0.5, 0.6) is 0 Å². The topological polar surface area (TPSA) is 64.7 Å². The van der Waals surface area contributed by atoms with E-state index < -0.39 is 12.0 Å². The quantitative estimate of drug-likeness (QED) is 0.821. The summed E-state index contributed by atoms with van der Waals surface area (Å²) in [6.07, 6.45) is -0.852. The Kier molecular flexibility index (Phi) is 2.54. The summed E-state index contributed by atoms with van der Waals surface area (Å²) in [6, 6.07) is 4.62. The molecular weight excluding hydrogens is 239 g/mol. The number of benzene rings is 1. The maximum Gasteiger partial charge on any atom is 0.296 e. The van der Waals surface area contributed by atoms with Gasteiger partial charge in [0.2, 0.25) is 6.10 Å². The van der Waals surface area contributed by atoms with Crippen molar-refractivity contribution >= 4 is 35.1 Å². The fourth-order valence-electron chi connectivity index (χ4n) is 1.28. The number of halogens is 2. The van der Waals surface area contributed by atoms with Crippen LogP contribution in [0, 0.1) is 0 Å². The number of amides is 1. The van der Waals surface area contributed by atoms with Crippen molar-refractivity contribution in [3.05, 3.63) is 33.8 Å². The first kappa shape index (κ1) is 10.3. The molecule has 0 radical (unpaired) electrons. The van der Waals surface area contributed by atoms with Crippen LogP contribution >= 0.6 is 23.2 Å². The van der Waals surface area contributed by atoms with Gasteiger partial charge < -0.3 is 10.5 Å². The summed E-state index contributed by atoms with van der Waals surface area (Å²) in [4.78, 5) is 14.8. The minimum Gasteiger partial charge on any atom is -0.447 e. The van der Waals surface area contributed by atoms with E-state index in [1.165, 1.54) is 6.07 Å². The summed E-state index contributed by atoms with van der Waals surface area (Å²) in [6.45, 7) is 0. The molecule has 1 atom stereocenters. The van der Waals surface area contributed by atoms with Gasteiger partial charge in [-0.05, 0) is 12.1 Å². The molecule has 0 aromatic heterocycles. The van der Waals surface area contributed by atoms with Gasteiger partial charge in [-0.25, -0.2) is 0 Å². The van der Waals surface area contributed by atoms with Crippen LogP contribution in [-0.2, 0) is 9.53 Å². The third-order valence-electron chi connectivity index (χ3n) is 1.93. The molecule has 15 heavy (non-hydrogen) atoms. The molecule has 0 saturated heterocycles. The molecule has 0 saturated carbocycles. The number of hydrogen-bond donors (Lipinski definition) is 1. The molecule has 1 aromatic rings. The normalized spacial score (nSPS) is 20.0. The second kappa shape index (κ2) is 3.72. The predicted octanol–water partition coefficient (Wildman–Crippen LogP) is 1.91. The Labute approximate surface area is 95.6 Å². The van der Waals surface area contributed by atoms with E-state index in [9.17, 15) is 4.79 Å². The van der Waals surface area contributed by atoms with E-state index in [0.29, 0.717) is 15.6 Å². The first-order chi connectivity index (χ1) is 7.08. The lowest BCUT2D eigenvalue weighted by Gasteiger charge is -2.10. The summed E-state index contributed by atoms with van der Waals surface area (Å²) in [5.74, 6) is -0.461. The van der Waals surface area contributed by atoms with Crippen molar-refractivity contribution < 1.29 is 9.53 Å². The molecule has 0 spiro atoms. The average Bonchev–Trinajstić information content (AvgIpc) is 2.45. The van der Waals surface area contributed by atoms with E-state index in [-0.39, 0.29) is 6.02 Å². The highest BCUT2D eigenvalue weighted by Gasteiger charge is 2.30. The molecule has 1 amide bonds. The summed E-state index contributed by atoms with van der Waals surface area (Å²) < 4.78 is 5.03. The van der Waals surface area contributed by atoms with Gasteiger partial charge >= 0.3 is 0 Å². The monoisotopic (exact) mass is 244 g/mol. The number of aliphatic imine (C=N–C) groups is 1. The number of amidine groups is 1. The second-order valence-corrected chi connectivity index (χ2v) is 3.80. The fraction of sp³-hybridized carbons (Fsp3) is 0.111. The third kappa shape index (κ3) is 1.91. The van der Waals surface area contributed by atoms with E-state index in [1.54, 1.807) is 12.1 Å². The number of ether oxygens (including phenoxy) is 1. The Bertz CT molecular complexity index is 459. The van der Waals surface area contributed by atoms with Crippen molar-refractivity contribution in [1.82, 2.24) is 0 Å². The van der Waals surface area contributed by atoms with Gasteiger partial charge in [-0.2, -0.15) is 4.99 Å². The van der Waals surface area contributed by atoms with Crippen LogP contribution in [0.15, 0.2) is 23.2 Å². The van der Waals surface area contributed by atoms with Crippen molar-refractivity contribution in [3.8, 4) is 0 Å². The van der Waals surface area contributed by atoms with Crippen molar-refractivity contribution in [3.63, 3.8) is 0 Å². The van der Waals surface area contributed by atoms with E-state index in [2.05, 4.69) is 4.99 Å². The third-order valence-corrected chi connectivity index (χ3v) is 2.49. The molecule has 1 heterocycles. The van der Waals surface area contributed by atoms with Crippen molar-refractivity contribution in [2.45, 2.75) is 6.10 Å². The maximum atomic E-state index is 11.3. The van der Waals surface area contributed by atoms with Crippen molar-refractivity contribution in [2.75, 3.05) is 0 Å². The lowest BCUT2D eigenvalue weighted by Crippen LogP contribution is -2.14. The van der Waals surface area contributed by atoms with Crippen molar-refractivity contribution in [2.24, 2.45) is 10.7 Å². The molecule has 0 fully saturated rings. The highest BCUT2D eigenvalue weighted by Crippen LogP contribution is 2.31. The zero-order valence-electron chi connectivity index (χ0n) is 7.41. The number of carbonyl (C=O) groups excluding carboxylic acids is 1. The van der Waals surface area contributed by atoms with Crippen LogP contribution in [0.25, 0.3) is 0 Å². The Hall–Kier alpha value is -1.26. The molecule has 0 bridgehead atoms. The molecule has 2 N–H and O–H groups in total. The van der Waals surface area contributed by atoms with E-state index in [1.807, 2.05) is 0 Å². The molecule has 4 nitrogen and oxygen atoms in total. The van der Waals surface area contributed by atoms with Crippen LogP contribution in [-0.4, -0.2) is 11.9 Å². The number of rotatable bonds is 1. The Morgan fingerprint density at radius 3 is 2.67 bits per heavy atom. The van der Waals surface area contributed by atoms with Gasteiger partial charge in [0.15, 0.2) is 0 Å². The molecule has 6 heteroatoms. The van der Waals surface area contributed by atoms with Gasteiger partial charge in [0, 0.05) is 15.6 Å². The molecule has 1 aliphatic rings. The Morgan fingerprint density at radius 2 is 2.13 bits per heavy atom. The van der Waals surface area contributed by atoms with Crippen LogP contribution in [0.2, 0.25) is 10.0 Å². The van der Waals surface area contributed by atoms with Gasteiger partial charge in [0.05, 0.1) is 0 Å². The zero-order valence-corrected chi connectivity index (χ0v) is 8.92. The molecular formula is C9H6Cl2N2O2. The lowest BCUT2D eigenvalue weighted by atomic mass is 10.1. The minimum absolute atomic E-state index is 0.143. The van der Waals surface area contributed by atoms with Crippen LogP contribution in [0.3, 0.4) is 0 Å². The van der Waals surface area contributed by atoms with Gasteiger partial charge in [-0.3, -0.25) is 4.79 Å². The van der Waals surface area contributed by atoms with Gasteiger partial charge in [-0.1, -0.05) is 29.3 Å². The SMILES string of the molecule is NC1=NC(=O)C(c2ccc(Cl)cc2Cl)O1. The molecule has 1 aliphatic heterocycles. The van der Waals surface area contributed by atoms with Crippen molar-refractivity contribution in [1.29, 1.82) is 0 Å². The molecule has 2 rings (SSSR count). The minimum atomic E-state index is -0.852. The largest absolute Gasteiger partial charge is 0.447 e. The number of nitrogens with two attached hydrogens (primary N) is 1. The predicted molar refractivity (Wildman–Crippen MR) is 56.9 cm³/mol. The van der Waals surface area contributed by atoms with Gasteiger partial charge in [-0.15, -0.1) is 0 Å². The average molecular weight is 245 g/mol. The summed E-state index contributed by atoms with van der Waals surface area (Å²) in [5, 5.41) is 0.842. The van der Waals surface area contributed by atoms with E-state index in [4.69, 9.17) is 33.7 Å². The summed E-state index contributed by atoms with van der Waals surface area (Å²) in [5.41, 5.74) is 5.78. The number of nitrogens with zero attached hydrogens (tertiary/aromatic N) is 1. The van der Waals surface area contributed by atoms with E-state index in [0.717, 1.165) is 0 Å². The molecule has 1 aromatic carbocycles. The second-order valence-electron chi connectivity index (χ2n) is 2.95. The highest BCUT2D eigenvalue weighted by atomic mass is 35.5. The van der Waals surface area contributed by atoms with Gasteiger partial charge in [0.1, 0.15) is 0 Å². The number of hydrogen-bond acceptors (Lipinski definition) is 3. The van der Waals surface area contributed by atoms with Crippen LogP contribution in [0.4, 0.5) is 0 Å². The smallest absolute Gasteiger partial charge is 0.296 e. The Balaban J connectivity index is 2.36. The standard InChI is InChI=1S/C9H6Cl2N2O2/c10-4-1-2-5(6(11)3-4)7-8(14)13-9(12)15-7/h1-3,7H,(H2,12,13,14).